The maximum absolute atomic E-state index is 10.3. The number of aldehydes is 1. The summed E-state index contributed by atoms with van der Waals surface area (Å²) >= 11 is 0. The third-order valence-corrected chi connectivity index (χ3v) is 3.41. The van der Waals surface area contributed by atoms with E-state index < -0.39 is 0 Å². The highest BCUT2D eigenvalue weighted by Gasteiger charge is 2.34. The van der Waals surface area contributed by atoms with Gasteiger partial charge in [-0.15, -0.1) is 0 Å². The van der Waals surface area contributed by atoms with E-state index in [-0.39, 0.29) is 11.5 Å². The van der Waals surface area contributed by atoms with Gasteiger partial charge in [0, 0.05) is 5.92 Å². The van der Waals surface area contributed by atoms with Crippen molar-refractivity contribution >= 4 is 6.29 Å². The zero-order valence-electron chi connectivity index (χ0n) is 11.1. The topological polar surface area (TPSA) is 37.3 Å². The van der Waals surface area contributed by atoms with Gasteiger partial charge in [-0.3, -0.25) is 4.79 Å². The molecule has 2 heteroatoms. The second kappa shape index (κ2) is 5.46. The molecule has 0 amide bonds. The van der Waals surface area contributed by atoms with Crippen LogP contribution in [0.1, 0.15) is 34.1 Å². The molecule has 0 aliphatic heterocycles. The monoisotopic (exact) mass is 234 g/mol. The lowest BCUT2D eigenvalue weighted by molar-refractivity contribution is -0.104. The number of aliphatic hydroxyl groups is 1. The van der Waals surface area contributed by atoms with Gasteiger partial charge in [-0.1, -0.05) is 37.6 Å². The number of carbonyl (C=O) groups excluding carboxylic acids is 1. The minimum Gasteiger partial charge on any atom is -0.389 e. The standard InChI is InChI=1S/C15H22O2/c1-11(7-8-16)5-6-14-12(2)9-13(17)10-15(14,3)4/h5-9,13-14,17H,10H2,1-4H3/t13-,14-/m0/s1. The molecule has 0 unspecified atom stereocenters. The second-order valence-corrected chi connectivity index (χ2v) is 5.55. The SMILES string of the molecule is CC(C=C[C@H]1C(C)=C[C@H](O)CC1(C)C)=CC=O. The number of rotatable bonds is 3. The Morgan fingerprint density at radius 1 is 1.53 bits per heavy atom. The van der Waals surface area contributed by atoms with E-state index in [0.29, 0.717) is 5.92 Å². The van der Waals surface area contributed by atoms with Crippen LogP contribution in [0, 0.1) is 11.3 Å². The molecule has 0 bridgehead atoms. The fourth-order valence-electron chi connectivity index (χ4n) is 2.57. The Bertz CT molecular complexity index is 372. The molecule has 0 saturated carbocycles. The summed E-state index contributed by atoms with van der Waals surface area (Å²) in [5.41, 5.74) is 2.20. The Morgan fingerprint density at radius 2 is 2.18 bits per heavy atom. The van der Waals surface area contributed by atoms with Gasteiger partial charge in [-0.25, -0.2) is 0 Å². The summed E-state index contributed by atoms with van der Waals surface area (Å²) in [6, 6.07) is 0. The minimum absolute atomic E-state index is 0.0518. The summed E-state index contributed by atoms with van der Waals surface area (Å²) in [7, 11) is 0. The molecule has 0 aromatic rings. The van der Waals surface area contributed by atoms with Crippen LogP contribution in [-0.4, -0.2) is 17.5 Å². The van der Waals surface area contributed by atoms with Gasteiger partial charge >= 0.3 is 0 Å². The van der Waals surface area contributed by atoms with Crippen LogP contribution in [0.25, 0.3) is 0 Å². The zero-order chi connectivity index (χ0) is 13.1. The lowest BCUT2D eigenvalue weighted by atomic mass is 9.67. The quantitative estimate of drug-likeness (QED) is 0.353. The van der Waals surface area contributed by atoms with Crippen LogP contribution in [0.5, 0.6) is 0 Å². The molecule has 1 rings (SSSR count). The molecule has 94 valence electrons. The molecule has 0 aromatic carbocycles. The predicted octanol–water partition coefficient (Wildman–Crippen LogP) is 3.04. The Kier molecular flexibility index (Phi) is 4.47. The Morgan fingerprint density at radius 3 is 2.71 bits per heavy atom. The van der Waals surface area contributed by atoms with Crippen LogP contribution in [0.3, 0.4) is 0 Å². The third-order valence-electron chi connectivity index (χ3n) is 3.41. The lowest BCUT2D eigenvalue weighted by Gasteiger charge is -2.38. The molecular weight excluding hydrogens is 212 g/mol. The van der Waals surface area contributed by atoms with Crippen LogP contribution in [0.4, 0.5) is 0 Å². The summed E-state index contributed by atoms with van der Waals surface area (Å²) in [4.78, 5) is 10.3. The maximum Gasteiger partial charge on any atom is 0.143 e. The van der Waals surface area contributed by atoms with E-state index in [0.717, 1.165) is 18.3 Å². The number of aliphatic hydroxyl groups excluding tert-OH is 1. The molecule has 1 aliphatic carbocycles. The average molecular weight is 234 g/mol. The summed E-state index contributed by atoms with van der Waals surface area (Å²) < 4.78 is 0. The van der Waals surface area contributed by atoms with Crippen molar-refractivity contribution in [1.29, 1.82) is 0 Å². The van der Waals surface area contributed by atoms with E-state index in [9.17, 15) is 9.90 Å². The fourth-order valence-corrected chi connectivity index (χ4v) is 2.57. The molecule has 0 saturated heterocycles. The van der Waals surface area contributed by atoms with Crippen LogP contribution in [0.15, 0.2) is 35.5 Å². The first-order valence-corrected chi connectivity index (χ1v) is 6.03. The summed E-state index contributed by atoms with van der Waals surface area (Å²) in [6.45, 7) is 8.30. The highest BCUT2D eigenvalue weighted by molar-refractivity contribution is 5.66. The molecule has 0 spiro atoms. The van der Waals surface area contributed by atoms with Crippen LogP contribution in [-0.2, 0) is 4.79 Å². The molecule has 2 nitrogen and oxygen atoms in total. The molecule has 0 aromatic heterocycles. The summed E-state index contributed by atoms with van der Waals surface area (Å²) in [5, 5.41) is 9.74. The highest BCUT2D eigenvalue weighted by atomic mass is 16.3. The van der Waals surface area contributed by atoms with Crippen molar-refractivity contribution in [3.8, 4) is 0 Å². The Balaban J connectivity index is 2.92. The van der Waals surface area contributed by atoms with Crippen molar-refractivity contribution < 1.29 is 9.90 Å². The molecule has 0 fully saturated rings. The van der Waals surface area contributed by atoms with Crippen molar-refractivity contribution in [2.75, 3.05) is 0 Å². The zero-order valence-corrected chi connectivity index (χ0v) is 11.1. The van der Waals surface area contributed by atoms with E-state index in [2.05, 4.69) is 26.8 Å². The van der Waals surface area contributed by atoms with Gasteiger partial charge < -0.3 is 5.11 Å². The summed E-state index contributed by atoms with van der Waals surface area (Å²) in [5.74, 6) is 0.320. The number of carbonyl (C=O) groups is 1. The van der Waals surface area contributed by atoms with E-state index in [1.165, 1.54) is 5.57 Å². The van der Waals surface area contributed by atoms with Gasteiger partial charge in [-0.2, -0.15) is 0 Å². The van der Waals surface area contributed by atoms with Gasteiger partial charge in [0.1, 0.15) is 6.29 Å². The van der Waals surface area contributed by atoms with Gasteiger partial charge in [-0.05, 0) is 37.3 Å². The lowest BCUT2D eigenvalue weighted by Crippen LogP contribution is -2.32. The predicted molar refractivity (Wildman–Crippen MR) is 70.6 cm³/mol. The molecule has 2 atom stereocenters. The largest absolute Gasteiger partial charge is 0.389 e. The normalized spacial score (nSPS) is 29.2. The molecule has 0 heterocycles. The van der Waals surface area contributed by atoms with Crippen LogP contribution in [0.2, 0.25) is 0 Å². The summed E-state index contributed by atoms with van der Waals surface area (Å²) in [6.07, 6.45) is 8.84. The molecule has 17 heavy (non-hydrogen) atoms. The first-order valence-electron chi connectivity index (χ1n) is 6.03. The molecule has 1 N–H and O–H groups in total. The van der Waals surface area contributed by atoms with Crippen molar-refractivity contribution in [2.45, 2.75) is 40.2 Å². The number of hydrogen-bond acceptors (Lipinski definition) is 2. The van der Waals surface area contributed by atoms with Crippen molar-refractivity contribution in [3.05, 3.63) is 35.5 Å². The second-order valence-electron chi connectivity index (χ2n) is 5.55. The third kappa shape index (κ3) is 3.67. The van der Waals surface area contributed by atoms with Crippen molar-refractivity contribution in [3.63, 3.8) is 0 Å². The first-order chi connectivity index (χ1) is 7.86. The fraction of sp³-hybridized carbons (Fsp3) is 0.533. The Labute approximate surface area is 104 Å². The van der Waals surface area contributed by atoms with Gasteiger partial charge in [0.25, 0.3) is 0 Å². The van der Waals surface area contributed by atoms with Gasteiger partial charge in [0.15, 0.2) is 0 Å². The van der Waals surface area contributed by atoms with Crippen molar-refractivity contribution in [1.82, 2.24) is 0 Å². The van der Waals surface area contributed by atoms with E-state index in [1.807, 2.05) is 19.1 Å². The maximum atomic E-state index is 10.3. The average Bonchev–Trinajstić information content (AvgIpc) is 2.14. The number of hydrogen-bond donors (Lipinski definition) is 1. The van der Waals surface area contributed by atoms with E-state index in [4.69, 9.17) is 0 Å². The van der Waals surface area contributed by atoms with E-state index >= 15 is 0 Å². The number of allylic oxidation sites excluding steroid dienone is 5. The smallest absolute Gasteiger partial charge is 0.143 e. The minimum atomic E-state index is -0.332. The molecule has 1 aliphatic rings. The van der Waals surface area contributed by atoms with Gasteiger partial charge in [0.05, 0.1) is 6.10 Å². The first kappa shape index (κ1) is 13.9. The van der Waals surface area contributed by atoms with Crippen LogP contribution < -0.4 is 0 Å². The van der Waals surface area contributed by atoms with Crippen molar-refractivity contribution in [2.24, 2.45) is 11.3 Å². The van der Waals surface area contributed by atoms with E-state index in [1.54, 1.807) is 6.08 Å². The molecular formula is C15H22O2. The van der Waals surface area contributed by atoms with Gasteiger partial charge in [0.2, 0.25) is 0 Å². The molecule has 0 radical (unpaired) electrons. The van der Waals surface area contributed by atoms with Crippen LogP contribution >= 0.6 is 0 Å². The highest BCUT2D eigenvalue weighted by Crippen LogP contribution is 2.41. The Hall–Kier alpha value is -1.15.